The van der Waals surface area contributed by atoms with Crippen molar-refractivity contribution in [2.45, 2.75) is 25.1 Å². The van der Waals surface area contributed by atoms with Crippen LogP contribution in [0.2, 0.25) is 0 Å². The lowest BCUT2D eigenvalue weighted by atomic mass is 10.0. The third-order valence-corrected chi connectivity index (χ3v) is 5.01. The molecule has 0 bridgehead atoms. The summed E-state index contributed by atoms with van der Waals surface area (Å²) < 4.78 is 38.0. The summed E-state index contributed by atoms with van der Waals surface area (Å²) in [5, 5.41) is 8.11. The number of benzene rings is 1. The van der Waals surface area contributed by atoms with Gasteiger partial charge in [-0.3, -0.25) is 4.79 Å². The van der Waals surface area contributed by atoms with E-state index in [2.05, 4.69) is 10.6 Å². The standard InChI is InChI=1S/C17H17F3N2OS/c18-17(19,20)9-11-3-1-2-4-12(11)16(23)22-10-14-13-6-8-24-15(13)5-7-21-14/h1-4,6,8,14,21H,5,7,9-10H2,(H,22,23). The smallest absolute Gasteiger partial charge is 0.350 e. The topological polar surface area (TPSA) is 41.1 Å². The van der Waals surface area contributed by atoms with E-state index >= 15 is 0 Å². The van der Waals surface area contributed by atoms with Crippen LogP contribution in [-0.2, 0) is 12.8 Å². The van der Waals surface area contributed by atoms with Gasteiger partial charge >= 0.3 is 6.18 Å². The Bertz CT molecular complexity index is 727. The highest BCUT2D eigenvalue weighted by molar-refractivity contribution is 7.10. The van der Waals surface area contributed by atoms with E-state index in [1.54, 1.807) is 17.4 Å². The zero-order valence-electron chi connectivity index (χ0n) is 12.8. The van der Waals surface area contributed by atoms with Crippen LogP contribution in [-0.4, -0.2) is 25.2 Å². The van der Waals surface area contributed by atoms with Crippen molar-refractivity contribution in [2.24, 2.45) is 0 Å². The van der Waals surface area contributed by atoms with Crippen molar-refractivity contribution < 1.29 is 18.0 Å². The third-order valence-electron chi connectivity index (χ3n) is 4.02. The lowest BCUT2D eigenvalue weighted by Crippen LogP contribution is -2.38. The largest absolute Gasteiger partial charge is 0.393 e. The molecular weight excluding hydrogens is 337 g/mol. The molecule has 2 N–H and O–H groups in total. The molecule has 1 atom stereocenters. The first-order valence-corrected chi connectivity index (χ1v) is 8.54. The van der Waals surface area contributed by atoms with Gasteiger partial charge in [-0.25, -0.2) is 0 Å². The zero-order chi connectivity index (χ0) is 17.2. The number of carbonyl (C=O) groups is 1. The number of hydrogen-bond donors (Lipinski definition) is 2. The molecule has 0 spiro atoms. The molecule has 3 nitrogen and oxygen atoms in total. The molecule has 7 heteroatoms. The van der Waals surface area contributed by atoms with E-state index < -0.39 is 18.5 Å². The first kappa shape index (κ1) is 17.0. The summed E-state index contributed by atoms with van der Waals surface area (Å²) in [6.07, 6.45) is -4.48. The minimum Gasteiger partial charge on any atom is -0.350 e. The highest BCUT2D eigenvalue weighted by Crippen LogP contribution is 2.27. The molecule has 1 amide bonds. The fraction of sp³-hybridized carbons (Fsp3) is 0.353. The third kappa shape index (κ3) is 3.96. The maximum atomic E-state index is 12.7. The van der Waals surface area contributed by atoms with Crippen molar-refractivity contribution in [1.82, 2.24) is 10.6 Å². The second-order valence-corrected chi connectivity index (χ2v) is 6.72. The van der Waals surface area contributed by atoms with Crippen molar-refractivity contribution in [2.75, 3.05) is 13.1 Å². The van der Waals surface area contributed by atoms with Crippen molar-refractivity contribution in [1.29, 1.82) is 0 Å². The Kier molecular flexibility index (Phi) is 4.91. The summed E-state index contributed by atoms with van der Waals surface area (Å²) in [5.41, 5.74) is 1.24. The van der Waals surface area contributed by atoms with E-state index in [9.17, 15) is 18.0 Å². The van der Waals surface area contributed by atoms with Crippen molar-refractivity contribution in [3.8, 4) is 0 Å². The Morgan fingerprint density at radius 1 is 1.29 bits per heavy atom. The van der Waals surface area contributed by atoms with Gasteiger partial charge in [-0.1, -0.05) is 18.2 Å². The molecule has 1 aromatic heterocycles. The number of rotatable bonds is 4. The predicted octanol–water partition coefficient (Wildman–Crippen LogP) is 3.47. The molecule has 24 heavy (non-hydrogen) atoms. The zero-order valence-corrected chi connectivity index (χ0v) is 13.6. The average Bonchev–Trinajstić information content (AvgIpc) is 3.00. The normalized spacial score (nSPS) is 17.4. The molecule has 2 heterocycles. The summed E-state index contributed by atoms with van der Waals surface area (Å²) in [7, 11) is 0. The summed E-state index contributed by atoms with van der Waals surface area (Å²) >= 11 is 1.69. The van der Waals surface area contributed by atoms with E-state index in [4.69, 9.17) is 0 Å². The van der Waals surface area contributed by atoms with Gasteiger partial charge in [-0.15, -0.1) is 11.3 Å². The summed E-state index contributed by atoms with van der Waals surface area (Å²) in [6.45, 7) is 1.18. The van der Waals surface area contributed by atoms with Gasteiger partial charge in [-0.2, -0.15) is 13.2 Å². The molecule has 1 unspecified atom stereocenters. The number of hydrogen-bond acceptors (Lipinski definition) is 3. The molecule has 0 radical (unpaired) electrons. The van der Waals surface area contributed by atoms with Crippen LogP contribution >= 0.6 is 11.3 Å². The van der Waals surface area contributed by atoms with Gasteiger partial charge in [0.25, 0.3) is 5.91 Å². The van der Waals surface area contributed by atoms with E-state index in [-0.39, 0.29) is 17.2 Å². The fourth-order valence-electron chi connectivity index (χ4n) is 2.92. The van der Waals surface area contributed by atoms with Gasteiger partial charge < -0.3 is 10.6 Å². The van der Waals surface area contributed by atoms with Gasteiger partial charge in [0.2, 0.25) is 0 Å². The van der Waals surface area contributed by atoms with E-state index in [0.29, 0.717) is 6.54 Å². The van der Waals surface area contributed by atoms with Gasteiger partial charge in [-0.05, 0) is 35.1 Å². The Labute approximate surface area is 141 Å². The fourth-order valence-corrected chi connectivity index (χ4v) is 3.86. The molecule has 0 saturated carbocycles. The molecule has 3 rings (SSSR count). The molecule has 1 aliphatic rings. The molecule has 0 saturated heterocycles. The quantitative estimate of drug-likeness (QED) is 0.883. The second-order valence-electron chi connectivity index (χ2n) is 5.71. The van der Waals surface area contributed by atoms with Crippen molar-refractivity contribution in [3.05, 3.63) is 57.3 Å². The van der Waals surface area contributed by atoms with E-state index in [0.717, 1.165) is 18.5 Å². The van der Waals surface area contributed by atoms with Crippen LogP contribution in [0.15, 0.2) is 35.7 Å². The van der Waals surface area contributed by atoms with Crippen molar-refractivity contribution >= 4 is 17.2 Å². The van der Waals surface area contributed by atoms with E-state index in [1.165, 1.54) is 23.1 Å². The lowest BCUT2D eigenvalue weighted by molar-refractivity contribution is -0.127. The Morgan fingerprint density at radius 2 is 2.08 bits per heavy atom. The van der Waals surface area contributed by atoms with Gasteiger partial charge in [0, 0.05) is 23.5 Å². The summed E-state index contributed by atoms with van der Waals surface area (Å²) in [5.74, 6) is -0.473. The Hall–Kier alpha value is -1.86. The maximum absolute atomic E-state index is 12.7. The molecule has 128 valence electrons. The van der Waals surface area contributed by atoms with Gasteiger partial charge in [0.15, 0.2) is 0 Å². The van der Waals surface area contributed by atoms with Crippen LogP contribution in [0.25, 0.3) is 0 Å². The summed E-state index contributed by atoms with van der Waals surface area (Å²) in [6, 6.07) is 7.89. The van der Waals surface area contributed by atoms with Crippen LogP contribution < -0.4 is 10.6 Å². The van der Waals surface area contributed by atoms with E-state index in [1.807, 2.05) is 11.4 Å². The molecule has 1 aromatic carbocycles. The number of nitrogens with one attached hydrogen (secondary N) is 2. The predicted molar refractivity (Wildman–Crippen MR) is 87.3 cm³/mol. The maximum Gasteiger partial charge on any atom is 0.393 e. The van der Waals surface area contributed by atoms with Crippen LogP contribution in [0.3, 0.4) is 0 Å². The van der Waals surface area contributed by atoms with Crippen LogP contribution in [0.5, 0.6) is 0 Å². The Balaban J connectivity index is 1.69. The number of fused-ring (bicyclic) bond motifs is 1. The lowest BCUT2D eigenvalue weighted by Gasteiger charge is -2.24. The first-order valence-electron chi connectivity index (χ1n) is 7.66. The van der Waals surface area contributed by atoms with Gasteiger partial charge in [0.05, 0.1) is 12.5 Å². The number of alkyl halides is 3. The van der Waals surface area contributed by atoms with Crippen molar-refractivity contribution in [3.63, 3.8) is 0 Å². The monoisotopic (exact) mass is 354 g/mol. The Morgan fingerprint density at radius 3 is 2.88 bits per heavy atom. The first-order chi connectivity index (χ1) is 11.4. The second kappa shape index (κ2) is 6.94. The highest BCUT2D eigenvalue weighted by Gasteiger charge is 2.30. The van der Waals surface area contributed by atoms with Crippen LogP contribution in [0.1, 0.15) is 32.4 Å². The van der Waals surface area contributed by atoms with Gasteiger partial charge in [0.1, 0.15) is 0 Å². The minimum atomic E-state index is -4.34. The minimum absolute atomic E-state index is 0.00118. The molecule has 0 aliphatic carbocycles. The van der Waals surface area contributed by atoms with Crippen LogP contribution in [0, 0.1) is 0 Å². The number of carbonyl (C=O) groups excluding carboxylic acids is 1. The number of thiophene rings is 1. The van der Waals surface area contributed by atoms with Crippen LogP contribution in [0.4, 0.5) is 13.2 Å². The number of halogens is 3. The molecular formula is C17H17F3N2OS. The molecule has 2 aromatic rings. The SMILES string of the molecule is O=C(NCC1NCCc2sccc21)c1ccccc1CC(F)(F)F. The molecule has 0 fully saturated rings. The molecule has 1 aliphatic heterocycles. The summed E-state index contributed by atoms with van der Waals surface area (Å²) in [4.78, 5) is 13.6. The number of amides is 1. The average molecular weight is 354 g/mol. The highest BCUT2D eigenvalue weighted by atomic mass is 32.1.